The predicted molar refractivity (Wildman–Crippen MR) is 88.9 cm³/mol. The monoisotopic (exact) mass is 309 g/mol. The Morgan fingerprint density at radius 1 is 1.33 bits per heavy atom. The van der Waals surface area contributed by atoms with Crippen molar-refractivity contribution in [1.29, 1.82) is 0 Å². The van der Waals surface area contributed by atoms with E-state index < -0.39 is 0 Å². The van der Waals surface area contributed by atoms with Gasteiger partial charge in [0.2, 0.25) is 0 Å². The summed E-state index contributed by atoms with van der Waals surface area (Å²) in [5, 5.41) is 4.83. The van der Waals surface area contributed by atoms with Crippen LogP contribution < -0.4 is 5.73 Å². The van der Waals surface area contributed by atoms with Crippen LogP contribution in [0.25, 0.3) is 0 Å². The molecule has 1 unspecified atom stereocenters. The number of rotatable bonds is 3. The van der Waals surface area contributed by atoms with Crippen LogP contribution in [0.3, 0.4) is 0 Å². The van der Waals surface area contributed by atoms with Gasteiger partial charge in [-0.05, 0) is 50.0 Å². The Balaban J connectivity index is 1.86. The number of nitrogens with two attached hydrogens (primary N) is 1. The van der Waals surface area contributed by atoms with Gasteiger partial charge in [0, 0.05) is 6.61 Å². The minimum atomic E-state index is 0.103. The van der Waals surface area contributed by atoms with Crippen LogP contribution in [0.5, 0.6) is 0 Å². The number of nitrogen functional groups attached to an aromatic ring is 1. The Hall–Kier alpha value is -0.680. The first kappa shape index (κ1) is 15.2. The molecule has 2 saturated heterocycles. The molecule has 0 aromatic carbocycles. The van der Waals surface area contributed by atoms with Gasteiger partial charge in [0.25, 0.3) is 0 Å². The maximum absolute atomic E-state index is 6.28. The molecule has 21 heavy (non-hydrogen) atoms. The number of hydrogen-bond acceptors (Lipinski definition) is 4. The fourth-order valence-electron chi connectivity index (χ4n) is 3.75. The van der Waals surface area contributed by atoms with Crippen LogP contribution in [0, 0.1) is 0 Å². The summed E-state index contributed by atoms with van der Waals surface area (Å²) in [7, 11) is 0. The smallest absolute Gasteiger partial charge is 0.0854 e. The molecule has 2 N–H and O–H groups in total. The SMILES string of the molecule is CCc1nn(C2CCOC3(CCSCC3)C2)c(CC)c1N. The zero-order chi connectivity index (χ0) is 14.9. The first-order chi connectivity index (χ1) is 10.2. The number of hydrogen-bond donors (Lipinski definition) is 1. The van der Waals surface area contributed by atoms with Gasteiger partial charge in [-0.3, -0.25) is 4.68 Å². The lowest BCUT2D eigenvalue weighted by Crippen LogP contribution is -2.43. The minimum Gasteiger partial charge on any atom is -0.396 e. The lowest BCUT2D eigenvalue weighted by atomic mass is 9.85. The molecule has 3 rings (SSSR count). The van der Waals surface area contributed by atoms with Crippen LogP contribution in [-0.4, -0.2) is 33.5 Å². The third-order valence-corrected chi connectivity index (χ3v) is 6.00. The van der Waals surface area contributed by atoms with Crippen LogP contribution in [0.1, 0.15) is 57.0 Å². The molecule has 0 saturated carbocycles. The third-order valence-electron chi connectivity index (χ3n) is 5.01. The fourth-order valence-corrected chi connectivity index (χ4v) is 4.99. The van der Waals surface area contributed by atoms with E-state index in [4.69, 9.17) is 15.6 Å². The zero-order valence-electron chi connectivity index (χ0n) is 13.2. The number of thioether (sulfide) groups is 1. The molecular weight excluding hydrogens is 282 g/mol. The highest BCUT2D eigenvalue weighted by Crippen LogP contribution is 2.42. The summed E-state index contributed by atoms with van der Waals surface area (Å²) in [5.41, 5.74) is 9.59. The van der Waals surface area contributed by atoms with Crippen molar-refractivity contribution in [3.63, 3.8) is 0 Å². The molecule has 0 aliphatic carbocycles. The lowest BCUT2D eigenvalue weighted by molar-refractivity contribution is -0.101. The van der Waals surface area contributed by atoms with Crippen LogP contribution in [0.4, 0.5) is 5.69 Å². The van der Waals surface area contributed by atoms with Gasteiger partial charge in [0.05, 0.1) is 28.7 Å². The minimum absolute atomic E-state index is 0.103. The zero-order valence-corrected chi connectivity index (χ0v) is 14.0. The third kappa shape index (κ3) is 2.82. The van der Waals surface area contributed by atoms with E-state index in [-0.39, 0.29) is 5.60 Å². The second kappa shape index (κ2) is 6.21. The lowest BCUT2D eigenvalue weighted by Gasteiger charge is -2.43. The van der Waals surface area contributed by atoms with E-state index in [1.54, 1.807) is 0 Å². The molecule has 0 radical (unpaired) electrons. The van der Waals surface area contributed by atoms with E-state index in [9.17, 15) is 0 Å². The molecule has 0 bridgehead atoms. The molecular formula is C16H27N3OS. The summed E-state index contributed by atoms with van der Waals surface area (Å²) < 4.78 is 8.45. The van der Waals surface area contributed by atoms with Gasteiger partial charge in [-0.1, -0.05) is 13.8 Å². The van der Waals surface area contributed by atoms with Gasteiger partial charge in [-0.25, -0.2) is 0 Å². The highest BCUT2D eigenvalue weighted by Gasteiger charge is 2.40. The molecule has 2 aliphatic rings. The van der Waals surface area contributed by atoms with E-state index in [2.05, 4.69) is 30.3 Å². The van der Waals surface area contributed by atoms with E-state index in [1.165, 1.54) is 30.0 Å². The second-order valence-electron chi connectivity index (χ2n) is 6.25. The van der Waals surface area contributed by atoms with E-state index in [0.717, 1.165) is 43.7 Å². The summed E-state index contributed by atoms with van der Waals surface area (Å²) in [5.74, 6) is 2.46. The number of aryl methyl sites for hydroxylation is 1. The van der Waals surface area contributed by atoms with Gasteiger partial charge in [0.1, 0.15) is 0 Å². The van der Waals surface area contributed by atoms with Gasteiger partial charge in [-0.2, -0.15) is 16.9 Å². The Bertz CT molecular complexity index is 488. The number of ether oxygens (including phenoxy) is 1. The Kier molecular flexibility index (Phi) is 4.50. The quantitative estimate of drug-likeness (QED) is 0.931. The van der Waals surface area contributed by atoms with Crippen molar-refractivity contribution in [2.45, 2.75) is 64.0 Å². The Morgan fingerprint density at radius 2 is 2.10 bits per heavy atom. The first-order valence-corrected chi connectivity index (χ1v) is 9.42. The number of nitrogens with zero attached hydrogens (tertiary/aromatic N) is 2. The van der Waals surface area contributed by atoms with Crippen LogP contribution in [0.15, 0.2) is 0 Å². The molecule has 1 atom stereocenters. The molecule has 2 fully saturated rings. The summed E-state index contributed by atoms with van der Waals surface area (Å²) in [6.07, 6.45) is 6.41. The summed E-state index contributed by atoms with van der Waals surface area (Å²) in [4.78, 5) is 0. The highest BCUT2D eigenvalue weighted by atomic mass is 32.2. The van der Waals surface area contributed by atoms with Gasteiger partial charge in [-0.15, -0.1) is 0 Å². The summed E-state index contributed by atoms with van der Waals surface area (Å²) in [6.45, 7) is 5.17. The van der Waals surface area contributed by atoms with Crippen molar-refractivity contribution in [2.24, 2.45) is 0 Å². The molecule has 1 spiro atoms. The van der Waals surface area contributed by atoms with Crippen molar-refractivity contribution in [3.8, 4) is 0 Å². The number of anilines is 1. The summed E-state index contributed by atoms with van der Waals surface area (Å²) in [6, 6.07) is 0.458. The fraction of sp³-hybridized carbons (Fsp3) is 0.812. The van der Waals surface area contributed by atoms with E-state index >= 15 is 0 Å². The molecule has 5 heteroatoms. The summed E-state index contributed by atoms with van der Waals surface area (Å²) >= 11 is 2.05. The predicted octanol–water partition coefficient (Wildman–Crippen LogP) is 3.21. The molecule has 3 heterocycles. The largest absolute Gasteiger partial charge is 0.396 e. The topological polar surface area (TPSA) is 53.1 Å². The van der Waals surface area contributed by atoms with Crippen molar-refractivity contribution in [2.75, 3.05) is 23.8 Å². The normalized spacial score (nSPS) is 25.3. The van der Waals surface area contributed by atoms with Gasteiger partial charge in [0.15, 0.2) is 0 Å². The average Bonchev–Trinajstić information content (AvgIpc) is 2.84. The average molecular weight is 309 g/mol. The van der Waals surface area contributed by atoms with Crippen LogP contribution in [0.2, 0.25) is 0 Å². The maximum atomic E-state index is 6.28. The Morgan fingerprint density at radius 3 is 2.76 bits per heavy atom. The van der Waals surface area contributed by atoms with E-state index in [0.29, 0.717) is 6.04 Å². The molecule has 1 aromatic heterocycles. The van der Waals surface area contributed by atoms with Crippen LogP contribution in [-0.2, 0) is 17.6 Å². The van der Waals surface area contributed by atoms with Crippen molar-refractivity contribution >= 4 is 17.4 Å². The second-order valence-corrected chi connectivity index (χ2v) is 7.47. The maximum Gasteiger partial charge on any atom is 0.0854 e. The molecule has 2 aliphatic heterocycles. The standard InChI is InChI=1S/C16H27N3OS/c1-3-13-15(17)14(4-2)19(18-13)12-5-8-20-16(11-12)6-9-21-10-7-16/h12H,3-11,17H2,1-2H3. The first-order valence-electron chi connectivity index (χ1n) is 8.26. The van der Waals surface area contributed by atoms with Crippen molar-refractivity contribution < 1.29 is 4.74 Å². The van der Waals surface area contributed by atoms with Gasteiger partial charge < -0.3 is 10.5 Å². The van der Waals surface area contributed by atoms with Crippen molar-refractivity contribution in [1.82, 2.24) is 9.78 Å². The molecule has 0 amide bonds. The van der Waals surface area contributed by atoms with Gasteiger partial charge >= 0.3 is 0 Å². The van der Waals surface area contributed by atoms with Crippen molar-refractivity contribution in [3.05, 3.63) is 11.4 Å². The van der Waals surface area contributed by atoms with Crippen LogP contribution >= 0.6 is 11.8 Å². The molecule has 118 valence electrons. The van der Waals surface area contributed by atoms with E-state index in [1.807, 2.05) is 0 Å². The highest BCUT2D eigenvalue weighted by molar-refractivity contribution is 7.99. The molecule has 1 aromatic rings. The number of aromatic nitrogens is 2. The Labute approximate surface area is 131 Å². The molecule has 4 nitrogen and oxygen atoms in total.